The van der Waals surface area contributed by atoms with Crippen molar-refractivity contribution in [3.63, 3.8) is 0 Å². The number of rotatable bonds is 6. The molecule has 0 aromatic rings. The highest BCUT2D eigenvalue weighted by Gasteiger charge is 2.31. The van der Waals surface area contributed by atoms with E-state index in [4.69, 9.17) is 4.74 Å². The van der Waals surface area contributed by atoms with Crippen LogP contribution in [0.2, 0.25) is 0 Å². The Labute approximate surface area is 131 Å². The second-order valence-corrected chi connectivity index (χ2v) is 7.68. The van der Waals surface area contributed by atoms with Crippen molar-refractivity contribution in [1.29, 1.82) is 0 Å². The number of likely N-dealkylation sites (N-methyl/N-ethyl adjacent to an activating group) is 1. The van der Waals surface area contributed by atoms with Crippen molar-refractivity contribution < 1.29 is 4.74 Å². The van der Waals surface area contributed by atoms with Crippen LogP contribution >= 0.6 is 0 Å². The van der Waals surface area contributed by atoms with Gasteiger partial charge in [0.25, 0.3) is 0 Å². The third kappa shape index (κ3) is 5.22. The Balaban J connectivity index is 1.82. The molecular formula is C18H36N2O. The highest BCUT2D eigenvalue weighted by molar-refractivity contribution is 4.87. The zero-order valence-corrected chi connectivity index (χ0v) is 14.6. The second kappa shape index (κ2) is 8.50. The molecule has 3 heteroatoms. The Morgan fingerprint density at radius 2 is 1.95 bits per heavy atom. The summed E-state index contributed by atoms with van der Waals surface area (Å²) in [5.74, 6) is 2.54. The van der Waals surface area contributed by atoms with Crippen LogP contribution in [0, 0.1) is 17.8 Å². The van der Waals surface area contributed by atoms with Gasteiger partial charge in [0.15, 0.2) is 0 Å². The summed E-state index contributed by atoms with van der Waals surface area (Å²) < 4.78 is 5.89. The van der Waals surface area contributed by atoms with Crippen LogP contribution in [0.4, 0.5) is 0 Å². The Morgan fingerprint density at radius 3 is 2.57 bits per heavy atom. The lowest BCUT2D eigenvalue weighted by Crippen LogP contribution is -2.46. The maximum atomic E-state index is 5.89. The van der Waals surface area contributed by atoms with Gasteiger partial charge in [0.2, 0.25) is 0 Å². The molecule has 3 nitrogen and oxygen atoms in total. The summed E-state index contributed by atoms with van der Waals surface area (Å²) in [4.78, 5) is 2.52. The van der Waals surface area contributed by atoms with Gasteiger partial charge in [0.1, 0.15) is 0 Å². The molecule has 1 heterocycles. The smallest absolute Gasteiger partial charge is 0.0701 e. The fourth-order valence-corrected chi connectivity index (χ4v) is 4.26. The standard InChI is InChI=1S/C18H36N2O/c1-14(2)15-8-9-18(19-3)16(11-15)12-20(4)13-17-7-5-6-10-21-17/h14-19H,5-13H2,1-4H3. The molecular weight excluding hydrogens is 260 g/mol. The molecule has 124 valence electrons. The summed E-state index contributed by atoms with van der Waals surface area (Å²) >= 11 is 0. The zero-order chi connectivity index (χ0) is 15.2. The first kappa shape index (κ1) is 17.2. The fourth-order valence-electron chi connectivity index (χ4n) is 4.26. The van der Waals surface area contributed by atoms with Gasteiger partial charge in [-0.1, -0.05) is 13.8 Å². The van der Waals surface area contributed by atoms with Crippen LogP contribution in [0.25, 0.3) is 0 Å². The highest BCUT2D eigenvalue weighted by atomic mass is 16.5. The minimum atomic E-state index is 0.473. The van der Waals surface area contributed by atoms with Crippen molar-refractivity contribution in [2.24, 2.45) is 17.8 Å². The maximum absolute atomic E-state index is 5.89. The van der Waals surface area contributed by atoms with Crippen molar-refractivity contribution in [3.05, 3.63) is 0 Å². The van der Waals surface area contributed by atoms with E-state index in [2.05, 4.69) is 38.2 Å². The third-order valence-corrected chi connectivity index (χ3v) is 5.67. The van der Waals surface area contributed by atoms with Gasteiger partial charge >= 0.3 is 0 Å². The van der Waals surface area contributed by atoms with Gasteiger partial charge in [-0.05, 0) is 70.4 Å². The maximum Gasteiger partial charge on any atom is 0.0701 e. The van der Waals surface area contributed by atoms with Gasteiger partial charge < -0.3 is 15.0 Å². The predicted molar refractivity (Wildman–Crippen MR) is 89.6 cm³/mol. The van der Waals surface area contributed by atoms with Crippen LogP contribution < -0.4 is 5.32 Å². The first-order valence-corrected chi connectivity index (χ1v) is 9.07. The molecule has 1 saturated heterocycles. The van der Waals surface area contributed by atoms with Crippen LogP contribution in [0.3, 0.4) is 0 Å². The molecule has 1 saturated carbocycles. The first-order chi connectivity index (χ1) is 10.1. The van der Waals surface area contributed by atoms with E-state index in [1.807, 2.05) is 0 Å². The topological polar surface area (TPSA) is 24.5 Å². The molecule has 0 aromatic carbocycles. The fraction of sp³-hybridized carbons (Fsp3) is 1.00. The summed E-state index contributed by atoms with van der Waals surface area (Å²) in [5, 5.41) is 3.56. The zero-order valence-electron chi connectivity index (χ0n) is 14.6. The molecule has 2 rings (SSSR count). The van der Waals surface area contributed by atoms with Gasteiger partial charge in [0.05, 0.1) is 6.10 Å². The van der Waals surface area contributed by atoms with Crippen LogP contribution in [0.15, 0.2) is 0 Å². The summed E-state index contributed by atoms with van der Waals surface area (Å²) in [7, 11) is 4.42. The van der Waals surface area contributed by atoms with Gasteiger partial charge in [0, 0.05) is 25.7 Å². The summed E-state index contributed by atoms with van der Waals surface area (Å²) in [6.45, 7) is 8.08. The van der Waals surface area contributed by atoms with E-state index in [9.17, 15) is 0 Å². The van der Waals surface area contributed by atoms with E-state index in [1.54, 1.807) is 0 Å². The molecule has 0 radical (unpaired) electrons. The van der Waals surface area contributed by atoms with Crippen LogP contribution in [-0.2, 0) is 4.74 Å². The quantitative estimate of drug-likeness (QED) is 0.815. The summed E-state index contributed by atoms with van der Waals surface area (Å²) in [6.07, 6.45) is 8.45. The van der Waals surface area contributed by atoms with E-state index < -0.39 is 0 Å². The van der Waals surface area contributed by atoms with E-state index in [1.165, 1.54) is 45.1 Å². The van der Waals surface area contributed by atoms with Crippen molar-refractivity contribution in [2.75, 3.05) is 33.8 Å². The Kier molecular flexibility index (Phi) is 6.97. The van der Waals surface area contributed by atoms with Crippen LogP contribution in [-0.4, -0.2) is 50.8 Å². The average molecular weight is 296 g/mol. The van der Waals surface area contributed by atoms with Crippen LogP contribution in [0.5, 0.6) is 0 Å². The molecule has 4 unspecified atom stereocenters. The SMILES string of the molecule is CNC1CCC(C(C)C)CC1CN(C)CC1CCCCO1. The minimum absolute atomic E-state index is 0.473. The molecule has 2 aliphatic rings. The molecule has 1 aliphatic heterocycles. The second-order valence-electron chi connectivity index (χ2n) is 7.68. The van der Waals surface area contributed by atoms with Crippen molar-refractivity contribution in [1.82, 2.24) is 10.2 Å². The molecule has 1 aliphatic carbocycles. The number of ether oxygens (including phenoxy) is 1. The van der Waals surface area contributed by atoms with Gasteiger partial charge in [-0.15, -0.1) is 0 Å². The number of hydrogen-bond acceptors (Lipinski definition) is 3. The van der Waals surface area contributed by atoms with Crippen molar-refractivity contribution >= 4 is 0 Å². The molecule has 21 heavy (non-hydrogen) atoms. The lowest BCUT2D eigenvalue weighted by atomic mass is 9.73. The molecule has 0 bridgehead atoms. The first-order valence-electron chi connectivity index (χ1n) is 9.07. The molecule has 1 N–H and O–H groups in total. The summed E-state index contributed by atoms with van der Waals surface area (Å²) in [6, 6.07) is 0.703. The Hall–Kier alpha value is -0.120. The van der Waals surface area contributed by atoms with E-state index in [0.717, 1.165) is 30.9 Å². The van der Waals surface area contributed by atoms with Gasteiger partial charge in [-0.3, -0.25) is 0 Å². The number of nitrogens with one attached hydrogen (secondary N) is 1. The van der Waals surface area contributed by atoms with Crippen molar-refractivity contribution in [3.8, 4) is 0 Å². The van der Waals surface area contributed by atoms with E-state index in [-0.39, 0.29) is 0 Å². The normalized spacial score (nSPS) is 34.6. The number of nitrogens with zero attached hydrogens (tertiary/aromatic N) is 1. The number of hydrogen-bond donors (Lipinski definition) is 1. The van der Waals surface area contributed by atoms with Crippen molar-refractivity contribution in [2.45, 2.75) is 64.5 Å². The monoisotopic (exact) mass is 296 g/mol. The Bertz CT molecular complexity index is 289. The third-order valence-electron chi connectivity index (χ3n) is 5.67. The molecule has 0 aromatic heterocycles. The molecule has 0 amide bonds. The largest absolute Gasteiger partial charge is 0.377 e. The minimum Gasteiger partial charge on any atom is -0.377 e. The lowest BCUT2D eigenvalue weighted by molar-refractivity contribution is -0.00624. The van der Waals surface area contributed by atoms with Gasteiger partial charge in [-0.2, -0.15) is 0 Å². The summed E-state index contributed by atoms with van der Waals surface area (Å²) in [5.41, 5.74) is 0. The Morgan fingerprint density at radius 1 is 1.14 bits per heavy atom. The van der Waals surface area contributed by atoms with E-state index >= 15 is 0 Å². The van der Waals surface area contributed by atoms with E-state index in [0.29, 0.717) is 12.1 Å². The lowest BCUT2D eigenvalue weighted by Gasteiger charge is -2.40. The predicted octanol–water partition coefficient (Wildman–Crippen LogP) is 3.15. The molecule has 4 atom stereocenters. The molecule has 0 spiro atoms. The highest BCUT2D eigenvalue weighted by Crippen LogP contribution is 2.34. The van der Waals surface area contributed by atoms with Gasteiger partial charge in [-0.25, -0.2) is 0 Å². The van der Waals surface area contributed by atoms with Crippen LogP contribution in [0.1, 0.15) is 52.4 Å². The molecule has 2 fully saturated rings. The average Bonchev–Trinajstić information content (AvgIpc) is 2.48.